The summed E-state index contributed by atoms with van der Waals surface area (Å²) in [6.45, 7) is 2.25. The second-order valence-electron chi connectivity index (χ2n) is 1.34. The molecule has 0 aromatic carbocycles. The first-order valence-corrected chi connectivity index (χ1v) is 2.80. The van der Waals surface area contributed by atoms with E-state index in [1.807, 2.05) is 6.92 Å². The van der Waals surface area contributed by atoms with E-state index in [1.54, 1.807) is 10.9 Å². The third-order valence-electron chi connectivity index (χ3n) is 0.486. The van der Waals surface area contributed by atoms with Gasteiger partial charge >= 0.3 is 6.03 Å². The molecular weight excluding hydrogens is 136 g/mol. The topological polar surface area (TPSA) is 113 Å². The van der Waals surface area contributed by atoms with Crippen LogP contribution in [0.25, 0.3) is 0 Å². The molecule has 2 amide bonds. The zero-order valence-electron chi connectivity index (χ0n) is 5.92. The van der Waals surface area contributed by atoms with E-state index in [4.69, 9.17) is 5.11 Å². The van der Waals surface area contributed by atoms with Crippen molar-refractivity contribution in [2.24, 2.45) is 11.7 Å². The Kier molecular flexibility index (Phi) is 13.1. The van der Waals surface area contributed by atoms with Gasteiger partial charge in [-0.05, 0) is 6.42 Å². The van der Waals surface area contributed by atoms with Gasteiger partial charge in [-0.2, -0.15) is 0 Å². The number of aliphatic hydroxyl groups is 1. The van der Waals surface area contributed by atoms with Crippen LogP contribution in [0.1, 0.15) is 13.3 Å². The second kappa shape index (κ2) is 11.0. The van der Waals surface area contributed by atoms with Gasteiger partial charge in [-0.15, -0.1) is 0 Å². The van der Waals surface area contributed by atoms with Crippen LogP contribution in [0.2, 0.25) is 0 Å². The summed E-state index contributed by atoms with van der Waals surface area (Å²) in [4.78, 5) is 9.71. The van der Waals surface area contributed by atoms with E-state index in [1.165, 1.54) is 0 Å². The van der Waals surface area contributed by atoms with Crippen molar-refractivity contribution in [2.45, 2.75) is 13.3 Å². The van der Waals surface area contributed by atoms with Crippen molar-refractivity contribution >= 4 is 6.03 Å². The largest absolute Gasteiger partial charge is 0.396 e. The molecule has 6 heteroatoms. The van der Waals surface area contributed by atoms with Crippen LogP contribution in [0.3, 0.4) is 0 Å². The lowest BCUT2D eigenvalue weighted by molar-refractivity contribution is 0.241. The molecule has 10 heavy (non-hydrogen) atoms. The van der Waals surface area contributed by atoms with E-state index >= 15 is 0 Å². The fourth-order valence-corrected chi connectivity index (χ4v) is 0.0417. The molecule has 0 spiro atoms. The molecule has 0 fully saturated rings. The first-order chi connectivity index (χ1) is 4.72. The van der Waals surface area contributed by atoms with Crippen LogP contribution in [0.15, 0.2) is 0 Å². The van der Waals surface area contributed by atoms with Crippen molar-refractivity contribution in [1.29, 1.82) is 0 Å². The number of aliphatic hydroxyl groups excluding tert-OH is 1. The van der Waals surface area contributed by atoms with Gasteiger partial charge in [0.1, 0.15) is 0 Å². The number of carbonyl (C=O) groups excluding carboxylic acids is 1. The summed E-state index contributed by atoms with van der Waals surface area (Å²) >= 11 is 0. The maximum absolute atomic E-state index is 9.71. The quantitative estimate of drug-likeness (QED) is 0.176. The molecule has 0 unspecified atom stereocenters. The summed E-state index contributed by atoms with van der Waals surface area (Å²) < 4.78 is 0. The fraction of sp³-hybridized carbons (Fsp3) is 0.750. The zero-order chi connectivity index (χ0) is 8.41. The average Bonchev–Trinajstić information content (AvgIpc) is 2.03. The molecule has 0 aliphatic heterocycles. The number of nitrogens with two attached hydrogens (primary N) is 2. The van der Waals surface area contributed by atoms with Crippen molar-refractivity contribution in [3.05, 3.63) is 0 Å². The summed E-state index contributed by atoms with van der Waals surface area (Å²) in [5.41, 5.74) is 3.48. The van der Waals surface area contributed by atoms with Crippen molar-refractivity contribution in [3.8, 4) is 0 Å². The number of rotatable bonds is 1. The monoisotopic (exact) mass is 150 g/mol. The van der Waals surface area contributed by atoms with Crippen molar-refractivity contribution in [1.82, 2.24) is 10.9 Å². The molecule has 6 nitrogen and oxygen atoms in total. The van der Waals surface area contributed by atoms with Gasteiger partial charge in [-0.25, -0.2) is 16.5 Å². The molecule has 0 aromatic rings. The van der Waals surface area contributed by atoms with Gasteiger partial charge in [0.2, 0.25) is 0 Å². The van der Waals surface area contributed by atoms with Crippen LogP contribution in [0.4, 0.5) is 4.79 Å². The zero-order valence-corrected chi connectivity index (χ0v) is 5.92. The molecule has 0 aliphatic rings. The van der Waals surface area contributed by atoms with Crippen molar-refractivity contribution in [3.63, 3.8) is 0 Å². The van der Waals surface area contributed by atoms with Crippen LogP contribution < -0.4 is 22.5 Å². The highest BCUT2D eigenvalue weighted by molar-refractivity contribution is 5.72. The highest BCUT2D eigenvalue weighted by atomic mass is 16.2. The lowest BCUT2D eigenvalue weighted by Crippen LogP contribution is -2.43. The highest BCUT2D eigenvalue weighted by Crippen LogP contribution is 1.61. The standard InChI is InChI=1S/C3H8O.CH6N4O/c1-2-3-4;2-4-1(6)5-3/h4H,2-3H2,1H3;2-3H2,(H2,4,5,6). The molecule has 0 bridgehead atoms. The van der Waals surface area contributed by atoms with Crippen molar-refractivity contribution in [2.75, 3.05) is 6.61 Å². The molecule has 0 saturated heterocycles. The van der Waals surface area contributed by atoms with E-state index in [0.29, 0.717) is 6.61 Å². The average molecular weight is 150 g/mol. The van der Waals surface area contributed by atoms with Gasteiger partial charge in [0.05, 0.1) is 0 Å². The Morgan fingerprint density at radius 1 is 1.50 bits per heavy atom. The Bertz CT molecular complexity index is 69.7. The maximum Gasteiger partial charge on any atom is 0.343 e. The van der Waals surface area contributed by atoms with Gasteiger partial charge in [0, 0.05) is 6.61 Å². The first-order valence-electron chi connectivity index (χ1n) is 2.80. The highest BCUT2D eigenvalue weighted by Gasteiger charge is 1.82. The minimum Gasteiger partial charge on any atom is -0.396 e. The normalized spacial score (nSPS) is 7.20. The second-order valence-corrected chi connectivity index (χ2v) is 1.34. The van der Waals surface area contributed by atoms with E-state index in [2.05, 4.69) is 11.7 Å². The Morgan fingerprint density at radius 3 is 1.80 bits per heavy atom. The third kappa shape index (κ3) is 15.7. The Balaban J connectivity index is 0. The number of hydrogen-bond acceptors (Lipinski definition) is 4. The lowest BCUT2D eigenvalue weighted by atomic mass is 10.5. The third-order valence-corrected chi connectivity index (χ3v) is 0.486. The van der Waals surface area contributed by atoms with Crippen LogP contribution in [-0.2, 0) is 0 Å². The van der Waals surface area contributed by atoms with E-state index in [-0.39, 0.29) is 0 Å². The number of urea groups is 1. The number of hydrogen-bond donors (Lipinski definition) is 5. The SMILES string of the molecule is CCCO.NNC(=O)NN. The molecule has 62 valence electrons. The predicted molar refractivity (Wildman–Crippen MR) is 37.4 cm³/mol. The van der Waals surface area contributed by atoms with E-state index in [9.17, 15) is 4.79 Å². The molecule has 0 aliphatic carbocycles. The molecule has 0 rings (SSSR count). The van der Waals surface area contributed by atoms with Gasteiger partial charge in [-0.3, -0.25) is 10.9 Å². The molecule has 0 heterocycles. The summed E-state index contributed by atoms with van der Waals surface area (Å²) in [6.07, 6.45) is 0.875. The molecule has 0 aromatic heterocycles. The number of nitrogens with one attached hydrogen (secondary N) is 2. The smallest absolute Gasteiger partial charge is 0.343 e. The van der Waals surface area contributed by atoms with Crippen LogP contribution in [-0.4, -0.2) is 17.7 Å². The summed E-state index contributed by atoms with van der Waals surface area (Å²) in [7, 11) is 0. The van der Waals surface area contributed by atoms with Crippen LogP contribution in [0.5, 0.6) is 0 Å². The molecule has 0 saturated carbocycles. The van der Waals surface area contributed by atoms with Crippen molar-refractivity contribution < 1.29 is 9.90 Å². The number of amides is 2. The Hall–Kier alpha value is -0.850. The maximum atomic E-state index is 9.71. The van der Waals surface area contributed by atoms with Gasteiger partial charge in [0.15, 0.2) is 0 Å². The minimum absolute atomic E-state index is 0.319. The summed E-state index contributed by atoms with van der Waals surface area (Å²) in [5, 5.41) is 7.88. The van der Waals surface area contributed by atoms with Gasteiger partial charge in [-0.1, -0.05) is 6.92 Å². The molecular formula is C4H14N4O2. The lowest BCUT2D eigenvalue weighted by Gasteiger charge is -1.90. The number of hydrazine groups is 2. The van der Waals surface area contributed by atoms with E-state index in [0.717, 1.165) is 6.42 Å². The van der Waals surface area contributed by atoms with Gasteiger partial charge in [0.25, 0.3) is 0 Å². The molecule has 0 radical (unpaired) electrons. The fourth-order valence-electron chi connectivity index (χ4n) is 0.0417. The Labute approximate surface area is 59.5 Å². The first kappa shape index (κ1) is 11.9. The summed E-state index contributed by atoms with van der Waals surface area (Å²) in [6, 6.07) is -0.602. The summed E-state index contributed by atoms with van der Waals surface area (Å²) in [5.74, 6) is 9.08. The Morgan fingerprint density at radius 2 is 1.80 bits per heavy atom. The molecule has 7 N–H and O–H groups in total. The minimum atomic E-state index is -0.602. The predicted octanol–water partition coefficient (Wildman–Crippen LogP) is -1.58. The van der Waals surface area contributed by atoms with Crippen LogP contribution in [0, 0.1) is 0 Å². The molecule has 0 atom stereocenters. The van der Waals surface area contributed by atoms with E-state index < -0.39 is 6.03 Å². The number of carbonyl (C=O) groups is 1. The van der Waals surface area contributed by atoms with Crippen LogP contribution >= 0.6 is 0 Å². The van der Waals surface area contributed by atoms with Gasteiger partial charge < -0.3 is 5.11 Å².